The molecule has 3 aromatic rings. The second kappa shape index (κ2) is 6.43. The number of fused-ring (bicyclic) bond motifs is 1. The number of nitrogens with zero attached hydrogens (tertiary/aromatic N) is 5. The molecule has 1 saturated heterocycles. The molecule has 0 saturated carbocycles. The monoisotopic (exact) mass is 339 g/mol. The third-order valence-electron chi connectivity index (χ3n) is 4.77. The van der Waals surface area contributed by atoms with Crippen LogP contribution in [-0.4, -0.2) is 32.8 Å². The molecule has 6 heteroatoms. The molecule has 0 bridgehead atoms. The van der Waals surface area contributed by atoms with Gasteiger partial charge in [0.2, 0.25) is 0 Å². The van der Waals surface area contributed by atoms with Crippen molar-refractivity contribution in [3.05, 3.63) is 41.6 Å². The van der Waals surface area contributed by atoms with Crippen LogP contribution in [0.4, 0.5) is 10.2 Å². The van der Waals surface area contributed by atoms with Crippen LogP contribution >= 0.6 is 0 Å². The van der Waals surface area contributed by atoms with Gasteiger partial charge in [-0.25, -0.2) is 19.0 Å². The molecule has 0 aliphatic carbocycles. The van der Waals surface area contributed by atoms with Gasteiger partial charge >= 0.3 is 0 Å². The van der Waals surface area contributed by atoms with Gasteiger partial charge in [-0.05, 0) is 50.5 Å². The number of aromatic nitrogens is 4. The van der Waals surface area contributed by atoms with Crippen LogP contribution in [0, 0.1) is 12.7 Å². The zero-order chi connectivity index (χ0) is 17.4. The molecule has 0 atom stereocenters. The molecule has 130 valence electrons. The summed E-state index contributed by atoms with van der Waals surface area (Å²) >= 11 is 0. The normalized spacial score (nSPS) is 15.1. The van der Waals surface area contributed by atoms with Gasteiger partial charge in [-0.2, -0.15) is 5.10 Å². The highest BCUT2D eigenvalue weighted by molar-refractivity contribution is 5.91. The molecule has 0 amide bonds. The first kappa shape index (κ1) is 16.0. The Labute approximate surface area is 146 Å². The van der Waals surface area contributed by atoms with Gasteiger partial charge in [-0.15, -0.1) is 0 Å². The van der Waals surface area contributed by atoms with Crippen molar-refractivity contribution in [2.75, 3.05) is 18.0 Å². The van der Waals surface area contributed by atoms with E-state index in [1.54, 1.807) is 16.8 Å². The first-order valence-electron chi connectivity index (χ1n) is 8.94. The molecule has 3 heterocycles. The highest BCUT2D eigenvalue weighted by Gasteiger charge is 2.22. The SMILES string of the molecule is CCc1nc(N2CCCCC2)c2c(C)nn(-c3ccc(F)cc3)c2n1. The molecule has 1 aliphatic heterocycles. The molecule has 1 aliphatic rings. The molecular formula is C19H22FN5. The summed E-state index contributed by atoms with van der Waals surface area (Å²) in [5, 5.41) is 5.69. The van der Waals surface area contributed by atoms with Gasteiger partial charge in [-0.3, -0.25) is 0 Å². The van der Waals surface area contributed by atoms with Crippen LogP contribution < -0.4 is 4.90 Å². The minimum absolute atomic E-state index is 0.255. The van der Waals surface area contributed by atoms with Crippen LogP contribution in [0.25, 0.3) is 16.7 Å². The molecule has 1 aromatic carbocycles. The van der Waals surface area contributed by atoms with Crippen LogP contribution in [0.1, 0.15) is 37.7 Å². The minimum Gasteiger partial charge on any atom is -0.356 e. The van der Waals surface area contributed by atoms with Crippen molar-refractivity contribution < 1.29 is 4.39 Å². The van der Waals surface area contributed by atoms with E-state index in [1.807, 2.05) is 6.92 Å². The largest absolute Gasteiger partial charge is 0.356 e. The molecule has 5 nitrogen and oxygen atoms in total. The van der Waals surface area contributed by atoms with Gasteiger partial charge in [0.25, 0.3) is 0 Å². The van der Waals surface area contributed by atoms with Crippen LogP contribution in [0.5, 0.6) is 0 Å². The Bertz CT molecular complexity index is 894. The molecular weight excluding hydrogens is 317 g/mol. The smallest absolute Gasteiger partial charge is 0.168 e. The van der Waals surface area contributed by atoms with E-state index in [0.717, 1.165) is 53.6 Å². The molecule has 25 heavy (non-hydrogen) atoms. The van der Waals surface area contributed by atoms with Crippen molar-refractivity contribution in [1.82, 2.24) is 19.7 Å². The minimum atomic E-state index is -0.255. The Hall–Kier alpha value is -2.50. The predicted molar refractivity (Wildman–Crippen MR) is 96.8 cm³/mol. The number of piperidine rings is 1. The van der Waals surface area contributed by atoms with Crippen molar-refractivity contribution in [3.63, 3.8) is 0 Å². The van der Waals surface area contributed by atoms with E-state index < -0.39 is 0 Å². The topological polar surface area (TPSA) is 46.8 Å². The fourth-order valence-electron chi connectivity index (χ4n) is 3.46. The standard InChI is InChI=1S/C19H22FN5/c1-3-16-21-18(24-11-5-4-6-12-24)17-13(2)23-25(19(17)22-16)15-9-7-14(20)8-10-15/h7-10H,3-6,11-12H2,1-2H3. The molecule has 0 N–H and O–H groups in total. The summed E-state index contributed by atoms with van der Waals surface area (Å²) in [5.41, 5.74) is 2.52. The molecule has 0 unspecified atom stereocenters. The Morgan fingerprint density at radius 3 is 2.44 bits per heavy atom. The number of aryl methyl sites for hydroxylation is 2. The maximum Gasteiger partial charge on any atom is 0.168 e. The van der Waals surface area contributed by atoms with Crippen molar-refractivity contribution in [1.29, 1.82) is 0 Å². The van der Waals surface area contributed by atoms with E-state index in [1.165, 1.54) is 31.4 Å². The number of benzene rings is 1. The fourth-order valence-corrected chi connectivity index (χ4v) is 3.46. The maximum absolute atomic E-state index is 13.3. The zero-order valence-corrected chi connectivity index (χ0v) is 14.7. The average Bonchev–Trinajstić information content (AvgIpc) is 2.99. The molecule has 1 fully saturated rings. The third-order valence-corrected chi connectivity index (χ3v) is 4.77. The zero-order valence-electron chi connectivity index (χ0n) is 14.7. The summed E-state index contributed by atoms with van der Waals surface area (Å²) in [7, 11) is 0. The molecule has 0 radical (unpaired) electrons. The number of anilines is 1. The lowest BCUT2D eigenvalue weighted by Gasteiger charge is -2.28. The van der Waals surface area contributed by atoms with E-state index in [-0.39, 0.29) is 5.82 Å². The second-order valence-electron chi connectivity index (χ2n) is 6.54. The van der Waals surface area contributed by atoms with Gasteiger partial charge in [-0.1, -0.05) is 6.92 Å². The lowest BCUT2D eigenvalue weighted by atomic mass is 10.1. The van der Waals surface area contributed by atoms with E-state index >= 15 is 0 Å². The van der Waals surface area contributed by atoms with Crippen LogP contribution in [-0.2, 0) is 6.42 Å². The van der Waals surface area contributed by atoms with E-state index in [9.17, 15) is 4.39 Å². The van der Waals surface area contributed by atoms with Crippen LogP contribution in [0.15, 0.2) is 24.3 Å². The van der Waals surface area contributed by atoms with Crippen molar-refractivity contribution in [3.8, 4) is 5.69 Å². The van der Waals surface area contributed by atoms with Gasteiger partial charge in [0.05, 0.1) is 16.8 Å². The number of rotatable bonds is 3. The van der Waals surface area contributed by atoms with E-state index in [4.69, 9.17) is 9.97 Å². The Balaban J connectivity index is 1.93. The number of hydrogen-bond donors (Lipinski definition) is 0. The Morgan fingerprint density at radius 1 is 1.04 bits per heavy atom. The van der Waals surface area contributed by atoms with E-state index in [2.05, 4.69) is 16.9 Å². The number of halogens is 1. The van der Waals surface area contributed by atoms with E-state index in [0.29, 0.717) is 0 Å². The molecule has 4 rings (SSSR count). The average molecular weight is 339 g/mol. The first-order chi connectivity index (χ1) is 12.2. The summed E-state index contributed by atoms with van der Waals surface area (Å²) in [5.74, 6) is 1.55. The van der Waals surface area contributed by atoms with Crippen molar-refractivity contribution >= 4 is 16.9 Å². The quantitative estimate of drug-likeness (QED) is 0.728. The summed E-state index contributed by atoms with van der Waals surface area (Å²) in [6.07, 6.45) is 4.43. The van der Waals surface area contributed by atoms with Gasteiger partial charge in [0, 0.05) is 19.5 Å². The summed E-state index contributed by atoms with van der Waals surface area (Å²) in [6.45, 7) is 6.10. The summed E-state index contributed by atoms with van der Waals surface area (Å²) < 4.78 is 15.1. The second-order valence-corrected chi connectivity index (χ2v) is 6.54. The van der Waals surface area contributed by atoms with Crippen LogP contribution in [0.2, 0.25) is 0 Å². The summed E-state index contributed by atoms with van der Waals surface area (Å²) in [6, 6.07) is 6.36. The van der Waals surface area contributed by atoms with Gasteiger partial charge < -0.3 is 4.90 Å². The lowest BCUT2D eigenvalue weighted by Crippen LogP contribution is -2.30. The lowest BCUT2D eigenvalue weighted by molar-refractivity contribution is 0.573. The van der Waals surface area contributed by atoms with Gasteiger partial charge in [0.1, 0.15) is 17.5 Å². The van der Waals surface area contributed by atoms with Crippen molar-refractivity contribution in [2.45, 2.75) is 39.5 Å². The fraction of sp³-hybridized carbons (Fsp3) is 0.421. The third kappa shape index (κ3) is 2.86. The number of hydrogen-bond acceptors (Lipinski definition) is 4. The Kier molecular flexibility index (Phi) is 4.11. The Morgan fingerprint density at radius 2 is 1.76 bits per heavy atom. The maximum atomic E-state index is 13.3. The highest BCUT2D eigenvalue weighted by Crippen LogP contribution is 2.30. The van der Waals surface area contributed by atoms with Crippen molar-refractivity contribution in [2.24, 2.45) is 0 Å². The molecule has 2 aromatic heterocycles. The highest BCUT2D eigenvalue weighted by atomic mass is 19.1. The molecule has 0 spiro atoms. The summed E-state index contributed by atoms with van der Waals surface area (Å²) in [4.78, 5) is 11.9. The predicted octanol–water partition coefficient (Wildman–Crippen LogP) is 3.82. The van der Waals surface area contributed by atoms with Crippen LogP contribution in [0.3, 0.4) is 0 Å². The first-order valence-corrected chi connectivity index (χ1v) is 8.94. The van der Waals surface area contributed by atoms with Gasteiger partial charge in [0.15, 0.2) is 5.65 Å².